The van der Waals surface area contributed by atoms with Crippen LogP contribution in [0.2, 0.25) is 0 Å². The number of aromatic nitrogens is 2. The number of hydrogen-bond acceptors (Lipinski definition) is 4. The molecule has 1 aliphatic heterocycles. The van der Waals surface area contributed by atoms with E-state index in [0.717, 1.165) is 0 Å². The second-order valence-electron chi connectivity index (χ2n) is 3.84. The molecule has 0 aromatic carbocycles. The summed E-state index contributed by atoms with van der Waals surface area (Å²) in [5.74, 6) is -0.186. The first-order valence-electron chi connectivity index (χ1n) is 5.28. The lowest BCUT2D eigenvalue weighted by Crippen LogP contribution is -2.40. The Bertz CT molecular complexity index is 466. The van der Waals surface area contributed by atoms with E-state index in [2.05, 4.69) is 20.8 Å². The van der Waals surface area contributed by atoms with Gasteiger partial charge in [-0.05, 0) is 12.5 Å². The fourth-order valence-electron chi connectivity index (χ4n) is 1.60. The van der Waals surface area contributed by atoms with Gasteiger partial charge in [-0.3, -0.25) is 14.4 Å². The largest absolute Gasteiger partial charge is 0.355 e. The van der Waals surface area contributed by atoms with Gasteiger partial charge in [-0.15, -0.1) is 0 Å². The van der Waals surface area contributed by atoms with Gasteiger partial charge < -0.3 is 10.6 Å². The number of anilines is 1. The van der Waals surface area contributed by atoms with Gasteiger partial charge in [0.05, 0.1) is 5.92 Å². The molecule has 0 bridgehead atoms. The average molecular weight is 236 g/mol. The Morgan fingerprint density at radius 2 is 2.24 bits per heavy atom. The fourth-order valence-corrected chi connectivity index (χ4v) is 1.60. The van der Waals surface area contributed by atoms with E-state index < -0.39 is 0 Å². The molecule has 17 heavy (non-hydrogen) atoms. The van der Waals surface area contributed by atoms with Crippen LogP contribution in [0.15, 0.2) is 16.9 Å². The molecule has 0 radical (unpaired) electrons. The Morgan fingerprint density at radius 1 is 1.41 bits per heavy atom. The zero-order valence-electron chi connectivity index (χ0n) is 9.03. The molecule has 3 N–H and O–H groups in total. The summed E-state index contributed by atoms with van der Waals surface area (Å²) in [6.07, 6.45) is 0.887. The topological polar surface area (TPSA) is 104 Å². The Morgan fingerprint density at radius 3 is 2.82 bits per heavy atom. The molecule has 7 heteroatoms. The number of amides is 2. The highest BCUT2D eigenvalue weighted by molar-refractivity contribution is 5.93. The van der Waals surface area contributed by atoms with Crippen molar-refractivity contribution >= 4 is 17.6 Å². The third kappa shape index (κ3) is 2.90. The highest BCUT2D eigenvalue weighted by Gasteiger charge is 2.24. The van der Waals surface area contributed by atoms with Crippen LogP contribution >= 0.6 is 0 Å². The van der Waals surface area contributed by atoms with Gasteiger partial charge in [0.25, 0.3) is 5.56 Å². The number of nitrogens with zero attached hydrogens (tertiary/aromatic N) is 1. The van der Waals surface area contributed by atoms with E-state index in [1.54, 1.807) is 0 Å². The minimum Gasteiger partial charge on any atom is -0.355 e. The number of H-pyrrole nitrogens is 1. The van der Waals surface area contributed by atoms with Crippen molar-refractivity contribution in [3.63, 3.8) is 0 Å². The van der Waals surface area contributed by atoms with Crippen molar-refractivity contribution in [2.45, 2.75) is 12.8 Å². The van der Waals surface area contributed by atoms with Crippen molar-refractivity contribution in [3.8, 4) is 0 Å². The zero-order valence-corrected chi connectivity index (χ0v) is 9.03. The maximum Gasteiger partial charge on any atom is 0.264 e. The molecular weight excluding hydrogens is 224 g/mol. The van der Waals surface area contributed by atoms with E-state index in [9.17, 15) is 14.4 Å². The van der Waals surface area contributed by atoms with Crippen LogP contribution in [0.1, 0.15) is 12.8 Å². The van der Waals surface area contributed by atoms with Crippen LogP contribution in [0.25, 0.3) is 0 Å². The Hall–Kier alpha value is -2.18. The predicted molar refractivity (Wildman–Crippen MR) is 59.2 cm³/mol. The maximum atomic E-state index is 11.8. The van der Waals surface area contributed by atoms with Crippen LogP contribution in [-0.4, -0.2) is 28.6 Å². The van der Waals surface area contributed by atoms with Gasteiger partial charge in [0, 0.05) is 19.0 Å². The van der Waals surface area contributed by atoms with Crippen LogP contribution in [0.5, 0.6) is 0 Å². The van der Waals surface area contributed by atoms with Crippen molar-refractivity contribution in [1.82, 2.24) is 15.5 Å². The Kier molecular flexibility index (Phi) is 3.17. The molecule has 0 aliphatic carbocycles. The Balaban J connectivity index is 1.95. The molecule has 1 aromatic heterocycles. The van der Waals surface area contributed by atoms with Crippen LogP contribution in [0, 0.1) is 5.92 Å². The maximum absolute atomic E-state index is 11.8. The molecular formula is C10H12N4O3. The fraction of sp³-hybridized carbons (Fsp3) is 0.400. The summed E-state index contributed by atoms with van der Waals surface area (Å²) in [6, 6.07) is 2.71. The van der Waals surface area contributed by atoms with E-state index >= 15 is 0 Å². The minimum absolute atomic E-state index is 0.0313. The van der Waals surface area contributed by atoms with Gasteiger partial charge in [-0.1, -0.05) is 0 Å². The summed E-state index contributed by atoms with van der Waals surface area (Å²) in [4.78, 5) is 33.5. The zero-order chi connectivity index (χ0) is 12.3. The van der Waals surface area contributed by atoms with Crippen molar-refractivity contribution in [2.75, 3.05) is 11.9 Å². The number of aromatic amines is 1. The molecule has 2 heterocycles. The summed E-state index contributed by atoms with van der Waals surface area (Å²) in [5, 5.41) is 11.1. The summed E-state index contributed by atoms with van der Waals surface area (Å²) < 4.78 is 0. The molecule has 1 atom stereocenters. The van der Waals surface area contributed by atoms with E-state index in [-0.39, 0.29) is 23.3 Å². The number of hydrogen-bond donors (Lipinski definition) is 3. The van der Waals surface area contributed by atoms with Crippen LogP contribution in [0.3, 0.4) is 0 Å². The third-order valence-corrected chi connectivity index (χ3v) is 2.57. The number of nitrogens with one attached hydrogen (secondary N) is 3. The molecule has 1 aromatic rings. The molecule has 1 saturated heterocycles. The summed E-state index contributed by atoms with van der Waals surface area (Å²) in [7, 11) is 0. The lowest BCUT2D eigenvalue weighted by molar-refractivity contribution is -0.126. The quantitative estimate of drug-likeness (QED) is 0.627. The smallest absolute Gasteiger partial charge is 0.264 e. The molecule has 0 spiro atoms. The highest BCUT2D eigenvalue weighted by atomic mass is 16.2. The first kappa shape index (κ1) is 11.3. The lowest BCUT2D eigenvalue weighted by Gasteiger charge is -2.21. The monoisotopic (exact) mass is 236 g/mol. The molecule has 7 nitrogen and oxygen atoms in total. The molecule has 2 amide bonds. The van der Waals surface area contributed by atoms with E-state index in [1.807, 2.05) is 0 Å². The summed E-state index contributed by atoms with van der Waals surface area (Å²) in [5.41, 5.74) is -0.326. The van der Waals surface area contributed by atoms with Gasteiger partial charge in [0.15, 0.2) is 5.82 Å². The molecule has 1 aliphatic rings. The summed E-state index contributed by atoms with van der Waals surface area (Å²) in [6.45, 7) is 0.341. The Labute approximate surface area is 96.6 Å². The van der Waals surface area contributed by atoms with Crippen LogP contribution in [-0.2, 0) is 9.59 Å². The SMILES string of the molecule is O=C1CCC(C(=O)Nc2ccc(=O)[nH]n2)CN1. The van der Waals surface area contributed by atoms with Crippen LogP contribution in [0.4, 0.5) is 5.82 Å². The molecule has 0 saturated carbocycles. The molecule has 2 rings (SSSR count). The van der Waals surface area contributed by atoms with Crippen molar-refractivity contribution in [2.24, 2.45) is 5.92 Å². The van der Waals surface area contributed by atoms with Gasteiger partial charge in [-0.25, -0.2) is 5.10 Å². The van der Waals surface area contributed by atoms with E-state index in [0.29, 0.717) is 25.2 Å². The van der Waals surface area contributed by atoms with E-state index in [1.165, 1.54) is 12.1 Å². The second kappa shape index (κ2) is 4.77. The average Bonchev–Trinajstić information content (AvgIpc) is 2.33. The first-order chi connectivity index (χ1) is 8.15. The van der Waals surface area contributed by atoms with Crippen molar-refractivity contribution in [3.05, 3.63) is 22.5 Å². The van der Waals surface area contributed by atoms with Crippen molar-refractivity contribution in [1.29, 1.82) is 0 Å². The highest BCUT2D eigenvalue weighted by Crippen LogP contribution is 2.12. The van der Waals surface area contributed by atoms with Gasteiger partial charge >= 0.3 is 0 Å². The number of rotatable bonds is 2. The second-order valence-corrected chi connectivity index (χ2v) is 3.84. The van der Waals surface area contributed by atoms with Crippen LogP contribution < -0.4 is 16.2 Å². The molecule has 1 fully saturated rings. The van der Waals surface area contributed by atoms with Gasteiger partial charge in [0.2, 0.25) is 11.8 Å². The first-order valence-corrected chi connectivity index (χ1v) is 5.28. The van der Waals surface area contributed by atoms with Gasteiger partial charge in [-0.2, -0.15) is 5.10 Å². The molecule has 90 valence electrons. The van der Waals surface area contributed by atoms with E-state index in [4.69, 9.17) is 0 Å². The number of carbonyl (C=O) groups is 2. The standard InChI is InChI=1S/C10H12N4O3/c15-8-3-1-6(5-11-8)10(17)12-7-2-4-9(16)14-13-7/h2,4,6H,1,3,5H2,(H,11,15)(H,14,16)(H,12,13,17). The predicted octanol–water partition coefficient (Wildman–Crippen LogP) is -0.765. The number of carbonyl (C=O) groups excluding carboxylic acids is 2. The third-order valence-electron chi connectivity index (χ3n) is 2.57. The number of piperidine rings is 1. The normalized spacial score (nSPS) is 19.5. The van der Waals surface area contributed by atoms with Gasteiger partial charge in [0.1, 0.15) is 0 Å². The lowest BCUT2D eigenvalue weighted by atomic mass is 9.98. The molecule has 1 unspecified atom stereocenters. The minimum atomic E-state index is -0.326. The summed E-state index contributed by atoms with van der Waals surface area (Å²) >= 11 is 0. The van der Waals surface area contributed by atoms with Crippen molar-refractivity contribution < 1.29 is 9.59 Å².